The summed E-state index contributed by atoms with van der Waals surface area (Å²) < 4.78 is 2.45. The van der Waals surface area contributed by atoms with Crippen molar-refractivity contribution in [2.45, 2.75) is 13.8 Å². The maximum Gasteiger partial charge on any atom is 0.179 e. The summed E-state index contributed by atoms with van der Waals surface area (Å²) in [6.07, 6.45) is 0. The number of rotatable bonds is 8. The van der Waals surface area contributed by atoms with Gasteiger partial charge in [-0.1, -0.05) is 311 Å². The lowest BCUT2D eigenvalue weighted by Crippen LogP contribution is -2.00. The summed E-state index contributed by atoms with van der Waals surface area (Å²) in [7, 11) is 0. The number of pyridine rings is 1. The van der Waals surface area contributed by atoms with E-state index >= 15 is 0 Å². The second kappa shape index (κ2) is 25.6. The highest BCUT2D eigenvalue weighted by Gasteiger charge is 2.23. The molecule has 0 bridgehead atoms. The summed E-state index contributed by atoms with van der Waals surface area (Å²) >= 11 is 0. The Kier molecular flexibility index (Phi) is 15.3. The van der Waals surface area contributed by atoms with Gasteiger partial charge >= 0.3 is 0 Å². The van der Waals surface area contributed by atoms with Gasteiger partial charge in [-0.3, -0.25) is 0 Å². The largest absolute Gasteiger partial charge is 0.309 e. The first kappa shape index (κ1) is 60.1. The molecule has 16 aromatic carbocycles. The molecule has 20 aromatic rings. The lowest BCUT2D eigenvalue weighted by molar-refractivity contribution is 1.15. The zero-order chi connectivity index (χ0) is 67.3. The van der Waals surface area contributed by atoms with Crippen LogP contribution >= 0.6 is 0 Å². The van der Waals surface area contributed by atoms with Crippen LogP contribution in [0.4, 0.5) is 0 Å². The summed E-state index contributed by atoms with van der Waals surface area (Å²) in [5.41, 5.74) is 17.9. The van der Waals surface area contributed by atoms with Gasteiger partial charge in [0.05, 0.1) is 33.5 Å². The standard InChI is InChI=1S/C52H33N.C41H25N5.C2H6/c1-3-13-34(14-4-1)39-25-30-45-46(33-39)50(37-17-5-2-6-18-37)44-22-12-11-21-43(44)49(45)38-23-28-40(29-24-38)53-47-31-26-35-15-7-9-19-41(35)51(47)52-42-20-10-8-16-36(42)27-32-48(52)53;1-3-14-28(15-4-1)36-32-24-22-26-12-7-9-18-30(26)38(32)45-40(43-36)34-20-11-21-35(42-34)41-44-37(29-16-5-2-6-17-29)33-25-23-27-13-8-10-19-31(27)39(33)46-41;1-2/h1-33H;1-25H;1-2H3. The summed E-state index contributed by atoms with van der Waals surface area (Å²) in [5, 5.41) is 19.2. The van der Waals surface area contributed by atoms with Crippen molar-refractivity contribution in [3.8, 4) is 84.6 Å². The molecular formula is C95H64N6. The predicted molar refractivity (Wildman–Crippen MR) is 426 cm³/mol. The lowest BCUT2D eigenvalue weighted by Gasteiger charge is -2.19. The Balaban J connectivity index is 0.000000143. The van der Waals surface area contributed by atoms with Gasteiger partial charge in [-0.15, -0.1) is 0 Å². The van der Waals surface area contributed by atoms with Gasteiger partial charge in [-0.2, -0.15) is 0 Å². The van der Waals surface area contributed by atoms with E-state index in [-0.39, 0.29) is 0 Å². The minimum atomic E-state index is 0.555. The Hall–Kier alpha value is -13.3. The number of hydrogen-bond acceptors (Lipinski definition) is 5. The molecule has 4 aromatic heterocycles. The van der Waals surface area contributed by atoms with Crippen LogP contribution in [0.25, 0.3) is 193 Å². The monoisotopic (exact) mass is 1290 g/mol. The van der Waals surface area contributed by atoms with Crippen LogP contribution in [0.2, 0.25) is 0 Å². The van der Waals surface area contributed by atoms with Crippen LogP contribution in [-0.2, 0) is 0 Å². The first-order valence-corrected chi connectivity index (χ1v) is 34.6. The smallest absolute Gasteiger partial charge is 0.179 e. The van der Waals surface area contributed by atoms with E-state index in [4.69, 9.17) is 24.9 Å². The van der Waals surface area contributed by atoms with Gasteiger partial charge in [0.15, 0.2) is 11.6 Å². The number of nitrogens with zero attached hydrogens (tertiary/aromatic N) is 6. The van der Waals surface area contributed by atoms with Crippen molar-refractivity contribution in [3.63, 3.8) is 0 Å². The Labute approximate surface area is 584 Å². The van der Waals surface area contributed by atoms with Crippen LogP contribution in [0, 0.1) is 0 Å². The molecule has 0 N–H and O–H groups in total. The summed E-state index contributed by atoms with van der Waals surface area (Å²) in [5.74, 6) is 1.11. The van der Waals surface area contributed by atoms with Crippen molar-refractivity contribution in [1.82, 2.24) is 29.5 Å². The summed E-state index contributed by atoms with van der Waals surface area (Å²) in [4.78, 5) is 25.6. The Morgan fingerprint density at radius 1 is 0.218 bits per heavy atom. The molecule has 20 rings (SSSR count). The van der Waals surface area contributed by atoms with Gasteiger partial charge in [0.1, 0.15) is 11.4 Å². The maximum atomic E-state index is 5.14. The molecule has 0 saturated heterocycles. The van der Waals surface area contributed by atoms with E-state index in [0.29, 0.717) is 23.0 Å². The third-order valence-electron chi connectivity index (χ3n) is 19.6. The van der Waals surface area contributed by atoms with Gasteiger partial charge in [-0.25, -0.2) is 24.9 Å². The van der Waals surface area contributed by atoms with Crippen LogP contribution in [0.3, 0.4) is 0 Å². The zero-order valence-electron chi connectivity index (χ0n) is 55.7. The third-order valence-corrected chi connectivity index (χ3v) is 19.6. The maximum absolute atomic E-state index is 5.14. The van der Waals surface area contributed by atoms with Gasteiger partial charge in [0.25, 0.3) is 0 Å². The second-order valence-corrected chi connectivity index (χ2v) is 25.3. The molecule has 4 heterocycles. The van der Waals surface area contributed by atoms with E-state index < -0.39 is 0 Å². The molecule has 0 saturated carbocycles. The minimum Gasteiger partial charge on any atom is -0.309 e. The van der Waals surface area contributed by atoms with Gasteiger partial charge in [0.2, 0.25) is 0 Å². The van der Waals surface area contributed by atoms with Crippen LogP contribution in [0.1, 0.15) is 13.8 Å². The fourth-order valence-corrected chi connectivity index (χ4v) is 15.1. The van der Waals surface area contributed by atoms with E-state index in [1.807, 2.05) is 68.4 Å². The lowest BCUT2D eigenvalue weighted by atomic mass is 9.85. The SMILES string of the molecule is CC.c1ccc(-c2ccc3c(-c4ccc(-n5c6ccc7ccccc7c6c6c7ccccc7ccc65)cc4)c4ccccc4c(-c4ccccc4)c3c2)cc1.c1ccc(-c2nc(-c3cccc(-c4nc(-c5ccccc5)c5ccc6ccccc6c5n4)n3)nc3c2ccc2ccccc23)cc1. The average molecular weight is 1290 g/mol. The Morgan fingerprint density at radius 3 is 1.04 bits per heavy atom. The number of aromatic nitrogens is 6. The van der Waals surface area contributed by atoms with Crippen LogP contribution < -0.4 is 0 Å². The minimum absolute atomic E-state index is 0.555. The molecule has 0 spiro atoms. The first-order valence-electron chi connectivity index (χ1n) is 34.6. The summed E-state index contributed by atoms with van der Waals surface area (Å²) in [6.45, 7) is 4.00. The van der Waals surface area contributed by atoms with Gasteiger partial charge in [0, 0.05) is 49.1 Å². The van der Waals surface area contributed by atoms with E-state index in [9.17, 15) is 0 Å². The number of hydrogen-bond donors (Lipinski definition) is 0. The molecule has 0 amide bonds. The molecule has 0 aliphatic carbocycles. The van der Waals surface area contributed by atoms with Crippen molar-refractivity contribution in [3.05, 3.63) is 352 Å². The number of benzene rings is 16. The molecule has 0 aliphatic rings. The predicted octanol–water partition coefficient (Wildman–Crippen LogP) is 25.4. The van der Waals surface area contributed by atoms with Crippen molar-refractivity contribution < 1.29 is 0 Å². The van der Waals surface area contributed by atoms with Crippen LogP contribution in [0.5, 0.6) is 0 Å². The Bertz CT molecular complexity index is 6300. The molecule has 0 radical (unpaired) electrons. The fraction of sp³-hybridized carbons (Fsp3) is 0.0211. The highest BCUT2D eigenvalue weighted by atomic mass is 15.0. The van der Waals surface area contributed by atoms with Crippen LogP contribution in [-0.4, -0.2) is 29.5 Å². The van der Waals surface area contributed by atoms with Gasteiger partial charge < -0.3 is 4.57 Å². The molecule has 6 nitrogen and oxygen atoms in total. The van der Waals surface area contributed by atoms with Crippen LogP contribution in [0.15, 0.2) is 352 Å². The third kappa shape index (κ3) is 10.6. The normalized spacial score (nSPS) is 11.5. The van der Waals surface area contributed by atoms with Crippen molar-refractivity contribution in [1.29, 1.82) is 0 Å². The molecule has 0 fully saturated rings. The quantitative estimate of drug-likeness (QED) is 0.112. The highest BCUT2D eigenvalue weighted by molar-refractivity contribution is 6.29. The van der Waals surface area contributed by atoms with E-state index in [0.717, 1.165) is 71.6 Å². The topological polar surface area (TPSA) is 69.4 Å². The number of fused-ring (bicyclic) bond motifs is 15. The molecule has 0 aliphatic heterocycles. The van der Waals surface area contributed by atoms with Gasteiger partial charge in [-0.05, 0) is 142 Å². The van der Waals surface area contributed by atoms with E-state index in [2.05, 4.69) is 302 Å². The molecule has 101 heavy (non-hydrogen) atoms. The summed E-state index contributed by atoms with van der Waals surface area (Å²) in [6, 6.07) is 125. The highest BCUT2D eigenvalue weighted by Crippen LogP contribution is 2.47. The van der Waals surface area contributed by atoms with E-state index in [1.54, 1.807) is 0 Å². The first-order chi connectivity index (χ1) is 50.1. The Morgan fingerprint density at radius 2 is 0.564 bits per heavy atom. The van der Waals surface area contributed by atoms with Crippen molar-refractivity contribution in [2.75, 3.05) is 0 Å². The molecule has 0 unspecified atom stereocenters. The van der Waals surface area contributed by atoms with Crippen molar-refractivity contribution >= 4 is 108 Å². The zero-order valence-corrected chi connectivity index (χ0v) is 55.7. The second-order valence-electron chi connectivity index (χ2n) is 25.3. The van der Waals surface area contributed by atoms with Crippen molar-refractivity contribution in [2.24, 2.45) is 0 Å². The molecule has 0 atom stereocenters. The fourth-order valence-electron chi connectivity index (χ4n) is 15.1. The molecular weight excluding hydrogens is 1230 g/mol. The van der Waals surface area contributed by atoms with E-state index in [1.165, 1.54) is 98.3 Å². The molecule has 6 heteroatoms. The molecule has 474 valence electrons. The average Bonchev–Trinajstić information content (AvgIpc) is 1.62.